The Balaban J connectivity index is 1.98. The van der Waals surface area contributed by atoms with E-state index in [0.29, 0.717) is 12.5 Å². The number of carbonyl (C=O) groups is 1. The molecule has 2 N–H and O–H groups in total. The highest BCUT2D eigenvalue weighted by Gasteiger charge is 2.45. The molecule has 0 spiro atoms. The number of carbonyl (C=O) groups excluding carboxylic acids is 1. The van der Waals surface area contributed by atoms with Gasteiger partial charge in [0.1, 0.15) is 0 Å². The molecule has 16 heavy (non-hydrogen) atoms. The largest absolute Gasteiger partial charge is 0.339 e. The Hall–Kier alpha value is -0.870. The summed E-state index contributed by atoms with van der Waals surface area (Å²) in [6.07, 6.45) is 2.18. The Morgan fingerprint density at radius 1 is 1.69 bits per heavy atom. The number of rotatable bonds is 4. The van der Waals surface area contributed by atoms with Crippen molar-refractivity contribution >= 4 is 17.2 Å². The minimum atomic E-state index is -0.675. The van der Waals surface area contributed by atoms with E-state index >= 15 is 0 Å². The van der Waals surface area contributed by atoms with Gasteiger partial charge in [-0.3, -0.25) is 4.79 Å². The number of hydrogen-bond acceptors (Lipinski definition) is 3. The highest BCUT2D eigenvalue weighted by Crippen LogP contribution is 2.39. The topological polar surface area (TPSA) is 46.3 Å². The van der Waals surface area contributed by atoms with Crippen LogP contribution in [0.1, 0.15) is 24.6 Å². The van der Waals surface area contributed by atoms with Crippen LogP contribution in [0.15, 0.2) is 17.5 Å². The normalized spacial score (nSPS) is 19.2. The second-order valence-electron chi connectivity index (χ2n) is 4.80. The molecule has 1 unspecified atom stereocenters. The Bertz CT molecular complexity index is 368. The van der Waals surface area contributed by atoms with E-state index in [1.807, 2.05) is 31.5 Å². The summed E-state index contributed by atoms with van der Waals surface area (Å²) in [5.74, 6) is 0.439. The van der Waals surface area contributed by atoms with Gasteiger partial charge >= 0.3 is 0 Å². The molecule has 0 saturated heterocycles. The van der Waals surface area contributed by atoms with Crippen molar-refractivity contribution < 1.29 is 4.79 Å². The Kier molecular flexibility index (Phi) is 3.04. The van der Waals surface area contributed by atoms with Crippen LogP contribution < -0.4 is 5.73 Å². The predicted molar refractivity (Wildman–Crippen MR) is 66.1 cm³/mol. The maximum absolute atomic E-state index is 12.2. The third-order valence-corrected chi connectivity index (χ3v) is 4.07. The first-order chi connectivity index (χ1) is 7.51. The summed E-state index contributed by atoms with van der Waals surface area (Å²) in [6, 6.07) is 4.04. The minimum absolute atomic E-state index is 0.0587. The van der Waals surface area contributed by atoms with E-state index in [4.69, 9.17) is 5.73 Å². The van der Waals surface area contributed by atoms with Crippen LogP contribution in [0.25, 0.3) is 0 Å². The van der Waals surface area contributed by atoms with Gasteiger partial charge in [0.05, 0.1) is 12.1 Å². The smallest absolute Gasteiger partial charge is 0.242 e. The summed E-state index contributed by atoms with van der Waals surface area (Å²) < 4.78 is 0. The van der Waals surface area contributed by atoms with E-state index in [0.717, 1.165) is 12.8 Å². The molecule has 1 amide bonds. The van der Waals surface area contributed by atoms with Crippen LogP contribution in [0.3, 0.4) is 0 Å². The average Bonchev–Trinajstić information content (AvgIpc) is 2.99. The number of nitrogens with two attached hydrogens (primary N) is 1. The molecule has 0 bridgehead atoms. The summed E-state index contributed by atoms with van der Waals surface area (Å²) in [4.78, 5) is 15.1. The zero-order valence-electron chi connectivity index (χ0n) is 9.77. The summed E-state index contributed by atoms with van der Waals surface area (Å²) in [5, 5.41) is 2.02. The minimum Gasteiger partial charge on any atom is -0.339 e. The first-order valence-corrected chi connectivity index (χ1v) is 6.46. The summed E-state index contributed by atoms with van der Waals surface area (Å²) >= 11 is 1.67. The molecule has 1 aliphatic carbocycles. The van der Waals surface area contributed by atoms with Crippen molar-refractivity contribution in [3.05, 3.63) is 22.4 Å². The van der Waals surface area contributed by atoms with E-state index in [1.165, 1.54) is 4.88 Å². The zero-order valence-corrected chi connectivity index (χ0v) is 10.6. The Labute approximate surface area is 100 Å². The highest BCUT2D eigenvalue weighted by atomic mass is 32.1. The third-order valence-electron chi connectivity index (χ3n) is 3.21. The van der Waals surface area contributed by atoms with Crippen molar-refractivity contribution in [1.29, 1.82) is 0 Å². The first-order valence-electron chi connectivity index (χ1n) is 5.58. The van der Waals surface area contributed by atoms with Gasteiger partial charge in [-0.1, -0.05) is 6.07 Å². The fraction of sp³-hybridized carbons (Fsp3) is 0.583. The van der Waals surface area contributed by atoms with Crippen LogP contribution in [0.4, 0.5) is 0 Å². The van der Waals surface area contributed by atoms with Crippen molar-refractivity contribution in [2.75, 3.05) is 7.05 Å². The van der Waals surface area contributed by atoms with E-state index in [9.17, 15) is 4.79 Å². The van der Waals surface area contributed by atoms with Gasteiger partial charge in [0.2, 0.25) is 5.91 Å². The molecule has 1 saturated carbocycles. The van der Waals surface area contributed by atoms with Gasteiger partial charge in [-0.2, -0.15) is 0 Å². The molecule has 0 aliphatic heterocycles. The number of amides is 1. The van der Waals surface area contributed by atoms with Crippen LogP contribution in [0.5, 0.6) is 0 Å². The monoisotopic (exact) mass is 238 g/mol. The molecule has 0 radical (unpaired) electrons. The Morgan fingerprint density at radius 2 is 2.38 bits per heavy atom. The van der Waals surface area contributed by atoms with Gasteiger partial charge in [-0.15, -0.1) is 11.3 Å². The van der Waals surface area contributed by atoms with Gasteiger partial charge in [-0.25, -0.2) is 0 Å². The van der Waals surface area contributed by atoms with E-state index in [1.54, 1.807) is 16.2 Å². The molecule has 88 valence electrons. The van der Waals surface area contributed by atoms with Crippen molar-refractivity contribution in [2.45, 2.75) is 31.8 Å². The quantitative estimate of drug-likeness (QED) is 0.870. The lowest BCUT2D eigenvalue weighted by atomic mass is 9.95. The second kappa shape index (κ2) is 4.18. The predicted octanol–water partition coefficient (Wildman–Crippen LogP) is 1.83. The SMILES string of the molecule is CN(Cc1cccs1)C(=O)C(C)(N)C1CC1. The van der Waals surface area contributed by atoms with Gasteiger partial charge in [-0.05, 0) is 37.1 Å². The van der Waals surface area contributed by atoms with Gasteiger partial charge in [0.25, 0.3) is 0 Å². The number of nitrogens with zero attached hydrogens (tertiary/aromatic N) is 1. The van der Waals surface area contributed by atoms with E-state index in [2.05, 4.69) is 0 Å². The fourth-order valence-electron chi connectivity index (χ4n) is 1.98. The van der Waals surface area contributed by atoms with Crippen LogP contribution >= 0.6 is 11.3 Å². The molecule has 1 atom stereocenters. The molecule has 0 aromatic carbocycles. The van der Waals surface area contributed by atoms with Crippen LogP contribution in [-0.2, 0) is 11.3 Å². The molecule has 1 fully saturated rings. The molecular weight excluding hydrogens is 220 g/mol. The van der Waals surface area contributed by atoms with Gasteiger partial charge < -0.3 is 10.6 Å². The molecule has 1 aromatic rings. The summed E-state index contributed by atoms with van der Waals surface area (Å²) in [6.45, 7) is 2.52. The third kappa shape index (κ3) is 2.28. The van der Waals surface area contributed by atoms with E-state index in [-0.39, 0.29) is 5.91 Å². The standard InChI is InChI=1S/C12H18N2OS/c1-12(13,9-5-6-9)11(15)14(2)8-10-4-3-7-16-10/h3-4,7,9H,5-6,8,13H2,1-2H3. The summed E-state index contributed by atoms with van der Waals surface area (Å²) in [7, 11) is 1.83. The molecule has 3 nitrogen and oxygen atoms in total. The van der Waals surface area contributed by atoms with Crippen LogP contribution in [0.2, 0.25) is 0 Å². The average molecular weight is 238 g/mol. The lowest BCUT2D eigenvalue weighted by Gasteiger charge is -2.29. The molecule has 1 aromatic heterocycles. The maximum atomic E-state index is 12.2. The Morgan fingerprint density at radius 3 is 2.88 bits per heavy atom. The molecule has 2 rings (SSSR count). The summed E-state index contributed by atoms with van der Waals surface area (Å²) in [5.41, 5.74) is 5.43. The van der Waals surface area contributed by atoms with Crippen LogP contribution in [-0.4, -0.2) is 23.4 Å². The van der Waals surface area contributed by atoms with Crippen molar-refractivity contribution in [3.8, 4) is 0 Å². The fourth-order valence-corrected chi connectivity index (χ4v) is 2.73. The van der Waals surface area contributed by atoms with Gasteiger partial charge in [0.15, 0.2) is 0 Å². The lowest BCUT2D eigenvalue weighted by molar-refractivity contribution is -0.136. The second-order valence-corrected chi connectivity index (χ2v) is 5.83. The number of hydrogen-bond donors (Lipinski definition) is 1. The van der Waals surface area contributed by atoms with Crippen LogP contribution in [0, 0.1) is 5.92 Å². The zero-order chi connectivity index (χ0) is 11.8. The number of thiophene rings is 1. The van der Waals surface area contributed by atoms with Crippen molar-refractivity contribution in [2.24, 2.45) is 11.7 Å². The van der Waals surface area contributed by atoms with E-state index < -0.39 is 5.54 Å². The number of likely N-dealkylation sites (N-methyl/N-ethyl adjacent to an activating group) is 1. The molecule has 1 heterocycles. The van der Waals surface area contributed by atoms with Crippen molar-refractivity contribution in [1.82, 2.24) is 4.90 Å². The maximum Gasteiger partial charge on any atom is 0.242 e. The molecular formula is C12H18N2OS. The van der Waals surface area contributed by atoms with Crippen molar-refractivity contribution in [3.63, 3.8) is 0 Å². The molecule has 1 aliphatic rings. The highest BCUT2D eigenvalue weighted by molar-refractivity contribution is 7.09. The molecule has 4 heteroatoms. The lowest BCUT2D eigenvalue weighted by Crippen LogP contribution is -2.53. The van der Waals surface area contributed by atoms with Gasteiger partial charge in [0, 0.05) is 11.9 Å². The first kappa shape index (κ1) is 11.6.